The Morgan fingerprint density at radius 3 is 2.91 bits per heavy atom. The third kappa shape index (κ3) is 4.20. The second-order valence-electron chi connectivity index (χ2n) is 10.1. The molecule has 6 rings (SSSR count). The number of halogens is 1. The van der Waals surface area contributed by atoms with Crippen LogP contribution < -0.4 is 5.32 Å². The van der Waals surface area contributed by atoms with Crippen LogP contribution in [0.15, 0.2) is 42.6 Å². The van der Waals surface area contributed by atoms with Crippen LogP contribution in [0.25, 0.3) is 11.3 Å². The number of urea groups is 1. The van der Waals surface area contributed by atoms with E-state index in [1.165, 1.54) is 6.07 Å². The number of carbonyl (C=O) groups is 1. The minimum Gasteiger partial charge on any atom is -0.334 e. The zero-order valence-corrected chi connectivity index (χ0v) is 20.0. The summed E-state index contributed by atoms with van der Waals surface area (Å²) in [5.41, 5.74) is 5.78. The van der Waals surface area contributed by atoms with Gasteiger partial charge in [-0.2, -0.15) is 5.10 Å². The van der Waals surface area contributed by atoms with E-state index >= 15 is 0 Å². The van der Waals surface area contributed by atoms with Gasteiger partial charge in [-0.1, -0.05) is 18.2 Å². The van der Waals surface area contributed by atoms with Crippen molar-refractivity contribution in [1.82, 2.24) is 30.3 Å². The molecule has 0 saturated carbocycles. The first-order valence-electron chi connectivity index (χ1n) is 12.6. The number of hydrogen-bond acceptors (Lipinski definition) is 4. The van der Waals surface area contributed by atoms with Gasteiger partial charge in [-0.15, -0.1) is 0 Å². The number of aromatic amines is 1. The van der Waals surface area contributed by atoms with Crippen LogP contribution in [0.4, 0.5) is 9.18 Å². The molecular weight excluding hydrogens is 443 g/mol. The maximum absolute atomic E-state index is 14.3. The van der Waals surface area contributed by atoms with Crippen LogP contribution in [0, 0.1) is 12.7 Å². The predicted octanol–water partition coefficient (Wildman–Crippen LogP) is 4.18. The third-order valence-electron chi connectivity index (χ3n) is 7.98. The quantitative estimate of drug-likeness (QED) is 0.595. The summed E-state index contributed by atoms with van der Waals surface area (Å²) in [6, 6.07) is 11.8. The summed E-state index contributed by atoms with van der Waals surface area (Å²) < 4.78 is 14.3. The van der Waals surface area contributed by atoms with E-state index in [-0.39, 0.29) is 23.9 Å². The van der Waals surface area contributed by atoms with Gasteiger partial charge in [-0.3, -0.25) is 15.0 Å². The Hall–Kier alpha value is -3.26. The molecule has 35 heavy (non-hydrogen) atoms. The fourth-order valence-electron chi connectivity index (χ4n) is 6.16. The van der Waals surface area contributed by atoms with Gasteiger partial charge >= 0.3 is 6.03 Å². The number of rotatable bonds is 4. The number of benzene rings is 1. The number of pyridine rings is 1. The molecule has 0 spiro atoms. The van der Waals surface area contributed by atoms with Crippen molar-refractivity contribution in [3.8, 4) is 11.3 Å². The molecule has 7 nitrogen and oxygen atoms in total. The van der Waals surface area contributed by atoms with Gasteiger partial charge in [0.1, 0.15) is 5.82 Å². The van der Waals surface area contributed by atoms with Crippen LogP contribution in [-0.2, 0) is 19.5 Å². The molecule has 5 heterocycles. The average molecular weight is 475 g/mol. The molecular formula is C27H31FN6O. The second-order valence-corrected chi connectivity index (χ2v) is 10.1. The van der Waals surface area contributed by atoms with E-state index in [1.54, 1.807) is 12.3 Å². The Labute approximate surface area is 204 Å². The molecule has 3 aliphatic rings. The Morgan fingerprint density at radius 2 is 2.06 bits per heavy atom. The van der Waals surface area contributed by atoms with Crippen LogP contribution in [0.5, 0.6) is 0 Å². The first kappa shape index (κ1) is 22.2. The number of aryl methyl sites for hydroxylation is 1. The zero-order valence-electron chi connectivity index (χ0n) is 20.0. The molecule has 2 fully saturated rings. The molecule has 0 aliphatic carbocycles. The summed E-state index contributed by atoms with van der Waals surface area (Å²) in [6.45, 7) is 3.77. The normalized spacial score (nSPS) is 23.8. The fourth-order valence-corrected chi connectivity index (χ4v) is 6.16. The van der Waals surface area contributed by atoms with Crippen molar-refractivity contribution in [2.45, 2.75) is 70.2 Å². The topological polar surface area (TPSA) is 77.2 Å². The van der Waals surface area contributed by atoms with Crippen molar-refractivity contribution in [1.29, 1.82) is 0 Å². The van der Waals surface area contributed by atoms with Gasteiger partial charge in [0, 0.05) is 71.9 Å². The van der Waals surface area contributed by atoms with E-state index in [2.05, 4.69) is 25.4 Å². The lowest BCUT2D eigenvalue weighted by molar-refractivity contribution is 0.0974. The van der Waals surface area contributed by atoms with Crippen LogP contribution in [0.2, 0.25) is 0 Å². The lowest BCUT2D eigenvalue weighted by Crippen LogP contribution is -2.56. The maximum Gasteiger partial charge on any atom is 0.317 e. The zero-order chi connectivity index (χ0) is 23.9. The third-order valence-corrected chi connectivity index (χ3v) is 7.98. The molecule has 2 aromatic heterocycles. The Kier molecular flexibility index (Phi) is 5.76. The van der Waals surface area contributed by atoms with Gasteiger partial charge in [-0.05, 0) is 50.8 Å². The summed E-state index contributed by atoms with van der Waals surface area (Å²) >= 11 is 0. The Balaban J connectivity index is 1.15. The summed E-state index contributed by atoms with van der Waals surface area (Å²) in [7, 11) is 0. The van der Waals surface area contributed by atoms with Crippen molar-refractivity contribution in [3.05, 3.63) is 70.9 Å². The van der Waals surface area contributed by atoms with Crippen LogP contribution in [-0.4, -0.2) is 55.7 Å². The van der Waals surface area contributed by atoms with Crippen molar-refractivity contribution in [2.75, 3.05) is 6.54 Å². The summed E-state index contributed by atoms with van der Waals surface area (Å²) in [6.07, 6.45) is 6.72. The van der Waals surface area contributed by atoms with Crippen LogP contribution >= 0.6 is 0 Å². The Bertz CT molecular complexity index is 1240. The van der Waals surface area contributed by atoms with E-state index in [1.807, 2.05) is 36.1 Å². The molecule has 2 saturated heterocycles. The maximum atomic E-state index is 14.3. The number of nitrogens with one attached hydrogen (secondary N) is 2. The van der Waals surface area contributed by atoms with Crippen molar-refractivity contribution in [2.24, 2.45) is 0 Å². The number of fused-ring (bicyclic) bond motifs is 3. The lowest BCUT2D eigenvalue weighted by atomic mass is 9.96. The summed E-state index contributed by atoms with van der Waals surface area (Å²) in [4.78, 5) is 22.0. The van der Waals surface area contributed by atoms with Crippen molar-refractivity contribution >= 4 is 6.03 Å². The molecule has 3 atom stereocenters. The van der Waals surface area contributed by atoms with E-state index in [0.717, 1.165) is 65.9 Å². The van der Waals surface area contributed by atoms with Crippen LogP contribution in [0.1, 0.15) is 48.2 Å². The highest BCUT2D eigenvalue weighted by atomic mass is 19.1. The van der Waals surface area contributed by atoms with Gasteiger partial charge in [0.05, 0.1) is 12.2 Å². The van der Waals surface area contributed by atoms with E-state index in [9.17, 15) is 9.18 Å². The minimum absolute atomic E-state index is 0.0186. The van der Waals surface area contributed by atoms with Gasteiger partial charge in [-0.25, -0.2) is 9.18 Å². The molecule has 1 unspecified atom stereocenters. The molecule has 1 aromatic carbocycles. The highest BCUT2D eigenvalue weighted by Gasteiger charge is 2.43. The highest BCUT2D eigenvalue weighted by Crippen LogP contribution is 2.37. The number of H-pyrrole nitrogens is 1. The molecule has 0 radical (unpaired) electrons. The number of aromatic nitrogens is 3. The van der Waals surface area contributed by atoms with Gasteiger partial charge in [0.25, 0.3) is 0 Å². The number of amides is 2. The summed E-state index contributed by atoms with van der Waals surface area (Å²) in [5, 5.41) is 11.1. The number of piperidine rings is 1. The first-order valence-corrected chi connectivity index (χ1v) is 12.6. The predicted molar refractivity (Wildman–Crippen MR) is 131 cm³/mol. The summed E-state index contributed by atoms with van der Waals surface area (Å²) in [5.74, 6) is -0.150. The second kappa shape index (κ2) is 9.07. The highest BCUT2D eigenvalue weighted by molar-refractivity contribution is 5.76. The molecule has 2 N–H and O–H groups in total. The standard InChI is InChI=1S/C27H31FN6O/c1-17-14-18(10-12-29-17)26-21-16-33(13-11-23(21)31-32-26)27(35)30-24-8-6-20-7-9-25(24)34(20)15-19-4-2-3-5-22(19)28/h2-5,10,12,14,20,24-25H,6-9,11,13,15-16H2,1H3,(H,30,35)(H,31,32)/t20?,24-,25-/m0/s1. The van der Waals surface area contributed by atoms with Crippen molar-refractivity contribution in [3.63, 3.8) is 0 Å². The fraction of sp³-hybridized carbons (Fsp3) is 0.444. The van der Waals surface area contributed by atoms with Crippen LogP contribution in [0.3, 0.4) is 0 Å². The SMILES string of the molecule is Cc1cc(-c2n[nH]c3c2CN(C(=O)N[C@H]2CCC4CC[C@@H]2N4Cc2ccccc2F)CC3)ccn1. The average Bonchev–Trinajstić information content (AvgIpc) is 3.40. The molecule has 3 aliphatic heterocycles. The molecule has 2 amide bonds. The van der Waals surface area contributed by atoms with E-state index in [0.29, 0.717) is 25.7 Å². The van der Waals surface area contributed by atoms with Crippen molar-refractivity contribution < 1.29 is 9.18 Å². The first-order chi connectivity index (χ1) is 17.1. The molecule has 3 aromatic rings. The van der Waals surface area contributed by atoms with Gasteiger partial charge < -0.3 is 10.2 Å². The van der Waals surface area contributed by atoms with E-state index < -0.39 is 0 Å². The van der Waals surface area contributed by atoms with Gasteiger partial charge in [0.2, 0.25) is 0 Å². The smallest absolute Gasteiger partial charge is 0.317 e. The minimum atomic E-state index is -0.150. The Morgan fingerprint density at radius 1 is 1.20 bits per heavy atom. The largest absolute Gasteiger partial charge is 0.334 e. The molecule has 2 bridgehead atoms. The monoisotopic (exact) mass is 474 g/mol. The lowest BCUT2D eigenvalue weighted by Gasteiger charge is -2.41. The van der Waals surface area contributed by atoms with Gasteiger partial charge in [0.15, 0.2) is 0 Å². The van der Waals surface area contributed by atoms with E-state index in [4.69, 9.17) is 0 Å². The molecule has 8 heteroatoms. The number of hydrogen-bond donors (Lipinski definition) is 2. The number of nitrogens with zero attached hydrogens (tertiary/aromatic N) is 4. The number of carbonyl (C=O) groups excluding carboxylic acids is 1. The molecule has 182 valence electrons.